The minimum absolute atomic E-state index is 0.158. The number of unbranched alkanes of at least 4 members (excludes halogenated alkanes) is 2. The molecule has 1 aromatic rings. The molecule has 0 aliphatic heterocycles. The largest absolute Gasteiger partial charge is 0.257 e. The fraction of sp³-hybridized carbons (Fsp3) is 0.706. The number of nitrogens with zero attached hydrogens (tertiary/aromatic N) is 1. The van der Waals surface area contributed by atoms with E-state index in [1.165, 1.54) is 49.1 Å². The molecule has 1 heterocycles. The van der Waals surface area contributed by atoms with Crippen molar-refractivity contribution in [1.29, 1.82) is 0 Å². The number of pyridine rings is 1. The number of aromatic nitrogens is 1. The van der Waals surface area contributed by atoms with Crippen LogP contribution in [0.4, 0.5) is 0 Å². The Morgan fingerprint density at radius 3 is 2.11 bits per heavy atom. The fourth-order valence-corrected chi connectivity index (χ4v) is 2.24. The van der Waals surface area contributed by atoms with Crippen LogP contribution < -0.4 is 0 Å². The molecule has 1 heteroatoms. The number of aryl methyl sites for hydroxylation is 2. The average Bonchev–Trinajstić information content (AvgIpc) is 2.33. The third kappa shape index (κ3) is 4.44. The lowest BCUT2D eigenvalue weighted by molar-refractivity contribution is 0.553. The molecule has 0 aliphatic carbocycles. The lowest BCUT2D eigenvalue weighted by Crippen LogP contribution is -2.18. The average molecular weight is 247 g/mol. The molecule has 1 nitrogen and oxygen atoms in total. The molecule has 102 valence electrons. The maximum Gasteiger partial charge on any atom is 0.0492 e. The van der Waals surface area contributed by atoms with Crippen molar-refractivity contribution in [3.63, 3.8) is 0 Å². The molecule has 0 amide bonds. The lowest BCUT2D eigenvalue weighted by Gasteiger charge is -2.22. The fourth-order valence-electron chi connectivity index (χ4n) is 2.24. The first-order valence-electron chi connectivity index (χ1n) is 7.48. The van der Waals surface area contributed by atoms with E-state index in [1.807, 2.05) is 0 Å². The molecule has 18 heavy (non-hydrogen) atoms. The molecule has 0 spiro atoms. The molecular weight excluding hydrogens is 218 g/mol. The Hall–Kier alpha value is -0.850. The zero-order chi connectivity index (χ0) is 13.6. The summed E-state index contributed by atoms with van der Waals surface area (Å²) in [7, 11) is 0. The second-order valence-electron chi connectivity index (χ2n) is 6.27. The van der Waals surface area contributed by atoms with Crippen molar-refractivity contribution in [3.8, 4) is 0 Å². The van der Waals surface area contributed by atoms with Gasteiger partial charge < -0.3 is 0 Å². The van der Waals surface area contributed by atoms with E-state index in [0.717, 1.165) is 6.42 Å². The molecule has 0 fully saturated rings. The predicted molar refractivity (Wildman–Crippen MR) is 80.2 cm³/mol. The highest BCUT2D eigenvalue weighted by Crippen LogP contribution is 2.26. The van der Waals surface area contributed by atoms with Crippen LogP contribution in [0.15, 0.2) is 12.1 Å². The van der Waals surface area contributed by atoms with Crippen molar-refractivity contribution in [2.45, 2.75) is 78.6 Å². The molecule has 1 rings (SSSR count). The first-order valence-corrected chi connectivity index (χ1v) is 7.48. The van der Waals surface area contributed by atoms with Crippen molar-refractivity contribution in [3.05, 3.63) is 29.1 Å². The summed E-state index contributed by atoms with van der Waals surface area (Å²) in [6.07, 6.45) is 7.28. The van der Waals surface area contributed by atoms with Crippen molar-refractivity contribution in [2.75, 3.05) is 0 Å². The highest BCUT2D eigenvalue weighted by atomic mass is 14.7. The van der Waals surface area contributed by atoms with E-state index in [-0.39, 0.29) is 5.41 Å². The molecule has 0 saturated heterocycles. The first-order chi connectivity index (χ1) is 8.49. The van der Waals surface area contributed by atoms with Gasteiger partial charge in [0.25, 0.3) is 0 Å². The van der Waals surface area contributed by atoms with Crippen molar-refractivity contribution >= 4 is 0 Å². The highest BCUT2D eigenvalue weighted by Gasteiger charge is 2.19. The smallest absolute Gasteiger partial charge is 0.0492 e. The monoisotopic (exact) mass is 247 g/mol. The third-order valence-corrected chi connectivity index (χ3v) is 3.33. The Bertz CT molecular complexity index is 360. The summed E-state index contributed by atoms with van der Waals surface area (Å²) in [5.74, 6) is 0. The predicted octanol–water partition coefficient (Wildman–Crippen LogP) is 5.06. The Morgan fingerprint density at radius 2 is 1.56 bits per heavy atom. The van der Waals surface area contributed by atoms with E-state index in [0.29, 0.717) is 0 Å². The summed E-state index contributed by atoms with van der Waals surface area (Å²) in [6, 6.07) is 4.55. The normalized spacial score (nSPS) is 11.8. The second kappa shape index (κ2) is 6.92. The van der Waals surface area contributed by atoms with Gasteiger partial charge in [-0.05, 0) is 37.3 Å². The standard InChI is InChI=1S/C17H29N/c1-6-8-10-14-12-13-15(11-9-7-2)18-16(14)17(3,4)5/h12-13H,6-11H2,1-5H3. The van der Waals surface area contributed by atoms with Crippen LogP contribution in [0.1, 0.15) is 77.3 Å². The Balaban J connectivity index is 2.97. The quantitative estimate of drug-likeness (QED) is 0.684. The summed E-state index contributed by atoms with van der Waals surface area (Å²) >= 11 is 0. The minimum Gasteiger partial charge on any atom is -0.257 e. The van der Waals surface area contributed by atoms with E-state index < -0.39 is 0 Å². The van der Waals surface area contributed by atoms with Gasteiger partial charge in [0.15, 0.2) is 0 Å². The van der Waals surface area contributed by atoms with Gasteiger partial charge in [0.1, 0.15) is 0 Å². The maximum atomic E-state index is 4.93. The Morgan fingerprint density at radius 1 is 0.944 bits per heavy atom. The number of hydrogen-bond acceptors (Lipinski definition) is 1. The van der Waals surface area contributed by atoms with Gasteiger partial charge in [-0.3, -0.25) is 4.98 Å². The molecule has 0 radical (unpaired) electrons. The van der Waals surface area contributed by atoms with Crippen LogP contribution in [-0.4, -0.2) is 4.98 Å². The van der Waals surface area contributed by atoms with Gasteiger partial charge in [0, 0.05) is 16.8 Å². The van der Waals surface area contributed by atoms with Gasteiger partial charge in [0.2, 0.25) is 0 Å². The minimum atomic E-state index is 0.158. The summed E-state index contributed by atoms with van der Waals surface area (Å²) < 4.78 is 0. The second-order valence-corrected chi connectivity index (χ2v) is 6.27. The van der Waals surface area contributed by atoms with Crippen LogP contribution >= 0.6 is 0 Å². The summed E-state index contributed by atoms with van der Waals surface area (Å²) in [6.45, 7) is 11.3. The number of hydrogen-bond donors (Lipinski definition) is 0. The van der Waals surface area contributed by atoms with Crippen molar-refractivity contribution < 1.29 is 0 Å². The zero-order valence-corrected chi connectivity index (χ0v) is 12.8. The van der Waals surface area contributed by atoms with Crippen LogP contribution in [-0.2, 0) is 18.3 Å². The maximum absolute atomic E-state index is 4.93. The van der Waals surface area contributed by atoms with Gasteiger partial charge >= 0.3 is 0 Å². The number of rotatable bonds is 6. The third-order valence-electron chi connectivity index (χ3n) is 3.33. The van der Waals surface area contributed by atoms with Gasteiger partial charge in [-0.2, -0.15) is 0 Å². The van der Waals surface area contributed by atoms with E-state index in [1.54, 1.807) is 0 Å². The van der Waals surface area contributed by atoms with E-state index in [9.17, 15) is 0 Å². The van der Waals surface area contributed by atoms with E-state index in [4.69, 9.17) is 4.98 Å². The molecule has 0 bridgehead atoms. The molecule has 1 aromatic heterocycles. The molecule has 0 N–H and O–H groups in total. The lowest BCUT2D eigenvalue weighted by atomic mass is 9.86. The van der Waals surface area contributed by atoms with Crippen molar-refractivity contribution in [1.82, 2.24) is 4.98 Å². The van der Waals surface area contributed by atoms with Gasteiger partial charge in [-0.25, -0.2) is 0 Å². The van der Waals surface area contributed by atoms with Crippen molar-refractivity contribution in [2.24, 2.45) is 0 Å². The zero-order valence-electron chi connectivity index (χ0n) is 12.8. The summed E-state index contributed by atoms with van der Waals surface area (Å²) in [5.41, 5.74) is 4.18. The van der Waals surface area contributed by atoms with Crippen LogP contribution in [0.5, 0.6) is 0 Å². The molecule has 0 saturated carbocycles. The van der Waals surface area contributed by atoms with Crippen LogP contribution in [0.2, 0.25) is 0 Å². The Labute approximate surface area is 113 Å². The van der Waals surface area contributed by atoms with Crippen LogP contribution in [0.3, 0.4) is 0 Å². The molecule has 0 aliphatic rings. The van der Waals surface area contributed by atoms with E-state index in [2.05, 4.69) is 46.8 Å². The van der Waals surface area contributed by atoms with Crippen LogP contribution in [0, 0.1) is 0 Å². The molecular formula is C17H29N. The van der Waals surface area contributed by atoms with Gasteiger partial charge in [-0.1, -0.05) is 53.5 Å². The highest BCUT2D eigenvalue weighted by molar-refractivity contribution is 5.28. The SMILES string of the molecule is CCCCc1ccc(CCCC)c(C(C)(C)C)n1. The topological polar surface area (TPSA) is 12.9 Å². The summed E-state index contributed by atoms with van der Waals surface area (Å²) in [4.78, 5) is 4.93. The van der Waals surface area contributed by atoms with Crippen LogP contribution in [0.25, 0.3) is 0 Å². The Kier molecular flexibility index (Phi) is 5.84. The summed E-state index contributed by atoms with van der Waals surface area (Å²) in [5, 5.41) is 0. The molecule has 0 atom stereocenters. The first kappa shape index (κ1) is 15.2. The molecule has 0 aromatic carbocycles. The molecule has 0 unspecified atom stereocenters. The van der Waals surface area contributed by atoms with Gasteiger partial charge in [-0.15, -0.1) is 0 Å². The van der Waals surface area contributed by atoms with E-state index >= 15 is 0 Å². The van der Waals surface area contributed by atoms with Gasteiger partial charge in [0.05, 0.1) is 0 Å².